The van der Waals surface area contributed by atoms with Crippen LogP contribution >= 0.6 is 0 Å². The van der Waals surface area contributed by atoms with Crippen molar-refractivity contribution in [2.24, 2.45) is 0 Å². The number of aromatic nitrogens is 2. The van der Waals surface area contributed by atoms with E-state index in [9.17, 15) is 9.18 Å². The van der Waals surface area contributed by atoms with E-state index in [1.165, 1.54) is 12.1 Å². The highest BCUT2D eigenvalue weighted by molar-refractivity contribution is 5.94. The fourth-order valence-corrected chi connectivity index (χ4v) is 4.34. The summed E-state index contributed by atoms with van der Waals surface area (Å²) in [6, 6.07) is 13.9. The standard InChI is InChI=1S/C25H25FN4O2/c1-29-10-8-22(9-11-29)30(25(31)17-2-5-21(26)6-3-17)15-23-13-20(16-32-23)18-4-7-24-19(12-18)14-27-28-24/h2-7,12-14,16,22H,8-11,15H2,1H3,(H,27,28). The molecule has 2 aromatic carbocycles. The predicted octanol–water partition coefficient (Wildman–Crippen LogP) is 4.70. The normalized spacial score (nSPS) is 15.3. The Kier molecular flexibility index (Phi) is 5.49. The Labute approximate surface area is 185 Å². The van der Waals surface area contributed by atoms with E-state index < -0.39 is 0 Å². The van der Waals surface area contributed by atoms with E-state index in [-0.39, 0.29) is 17.8 Å². The Morgan fingerprint density at radius 2 is 1.94 bits per heavy atom. The molecule has 32 heavy (non-hydrogen) atoms. The number of hydrogen-bond acceptors (Lipinski definition) is 4. The van der Waals surface area contributed by atoms with E-state index in [0.29, 0.717) is 12.1 Å². The van der Waals surface area contributed by atoms with E-state index in [1.54, 1.807) is 24.6 Å². The van der Waals surface area contributed by atoms with Crippen molar-refractivity contribution >= 4 is 16.8 Å². The lowest BCUT2D eigenvalue weighted by atomic mass is 10.0. The average Bonchev–Trinajstić information content (AvgIpc) is 3.47. The van der Waals surface area contributed by atoms with Crippen molar-refractivity contribution in [3.05, 3.63) is 78.1 Å². The van der Waals surface area contributed by atoms with Crippen molar-refractivity contribution in [2.45, 2.75) is 25.4 Å². The molecule has 164 valence electrons. The van der Waals surface area contributed by atoms with Gasteiger partial charge in [0.15, 0.2) is 0 Å². The molecule has 1 aliphatic rings. The number of carbonyl (C=O) groups is 1. The summed E-state index contributed by atoms with van der Waals surface area (Å²) >= 11 is 0. The van der Waals surface area contributed by atoms with Gasteiger partial charge >= 0.3 is 0 Å². The summed E-state index contributed by atoms with van der Waals surface area (Å²) in [6.07, 6.45) is 5.32. The Hall–Kier alpha value is -3.45. The summed E-state index contributed by atoms with van der Waals surface area (Å²) in [7, 11) is 2.10. The molecule has 0 radical (unpaired) electrons. The fourth-order valence-electron chi connectivity index (χ4n) is 4.34. The zero-order valence-corrected chi connectivity index (χ0v) is 17.9. The third-order valence-corrected chi connectivity index (χ3v) is 6.23. The van der Waals surface area contributed by atoms with Crippen LogP contribution in [-0.4, -0.2) is 52.1 Å². The first kappa shape index (κ1) is 20.5. The van der Waals surface area contributed by atoms with Crippen LogP contribution in [0.1, 0.15) is 29.0 Å². The molecule has 0 bridgehead atoms. The first-order valence-corrected chi connectivity index (χ1v) is 10.8. The SMILES string of the molecule is CN1CCC(N(Cc2cc(-c3ccc4[nH]ncc4c3)co2)C(=O)c2ccc(F)cc2)CC1. The summed E-state index contributed by atoms with van der Waals surface area (Å²) in [5.41, 5.74) is 3.46. The molecule has 1 N–H and O–H groups in total. The van der Waals surface area contributed by atoms with Gasteiger partial charge in [0.1, 0.15) is 11.6 Å². The lowest BCUT2D eigenvalue weighted by Crippen LogP contribution is -2.46. The molecular weight excluding hydrogens is 407 g/mol. The van der Waals surface area contributed by atoms with E-state index in [0.717, 1.165) is 53.7 Å². The molecule has 0 unspecified atom stereocenters. The number of carbonyl (C=O) groups excluding carboxylic acids is 1. The van der Waals surface area contributed by atoms with Gasteiger partial charge in [0.2, 0.25) is 0 Å². The Bertz CT molecular complexity index is 1220. The Morgan fingerprint density at radius 1 is 1.16 bits per heavy atom. The van der Waals surface area contributed by atoms with Gasteiger partial charge in [-0.3, -0.25) is 9.89 Å². The molecule has 1 fully saturated rings. The highest BCUT2D eigenvalue weighted by Gasteiger charge is 2.28. The number of likely N-dealkylation sites (tertiary alicyclic amines) is 1. The van der Waals surface area contributed by atoms with Gasteiger partial charge in [-0.2, -0.15) is 5.10 Å². The predicted molar refractivity (Wildman–Crippen MR) is 121 cm³/mol. The highest BCUT2D eigenvalue weighted by atomic mass is 19.1. The minimum atomic E-state index is -0.349. The van der Waals surface area contributed by atoms with Crippen molar-refractivity contribution in [3.8, 4) is 11.1 Å². The number of piperidine rings is 1. The molecule has 4 aromatic rings. The molecule has 1 aliphatic heterocycles. The van der Waals surface area contributed by atoms with Crippen LogP contribution in [0, 0.1) is 5.82 Å². The number of benzene rings is 2. The van der Waals surface area contributed by atoms with Gasteiger partial charge < -0.3 is 14.2 Å². The molecule has 1 amide bonds. The van der Waals surface area contributed by atoms with E-state index >= 15 is 0 Å². The van der Waals surface area contributed by atoms with Gasteiger partial charge in [0.05, 0.1) is 24.5 Å². The molecule has 3 heterocycles. The summed E-state index contributed by atoms with van der Waals surface area (Å²) in [4.78, 5) is 17.5. The second-order valence-corrected chi connectivity index (χ2v) is 8.45. The first-order valence-electron chi connectivity index (χ1n) is 10.8. The summed E-state index contributed by atoms with van der Waals surface area (Å²) in [6.45, 7) is 2.25. The van der Waals surface area contributed by atoms with Crippen LogP contribution in [0.4, 0.5) is 4.39 Å². The van der Waals surface area contributed by atoms with Crippen molar-refractivity contribution < 1.29 is 13.6 Å². The lowest BCUT2D eigenvalue weighted by Gasteiger charge is -2.37. The van der Waals surface area contributed by atoms with E-state index in [4.69, 9.17) is 4.42 Å². The molecule has 5 rings (SSSR count). The number of rotatable bonds is 5. The number of fused-ring (bicyclic) bond motifs is 1. The van der Waals surface area contributed by atoms with Crippen molar-refractivity contribution in [1.82, 2.24) is 20.0 Å². The van der Waals surface area contributed by atoms with Gasteiger partial charge in [-0.05, 0) is 81.0 Å². The quantitative estimate of drug-likeness (QED) is 0.497. The molecular formula is C25H25FN4O2. The molecule has 0 saturated carbocycles. The number of hydrogen-bond donors (Lipinski definition) is 1. The molecule has 0 spiro atoms. The van der Waals surface area contributed by atoms with Gasteiger partial charge in [-0.25, -0.2) is 4.39 Å². The number of halogens is 1. The largest absolute Gasteiger partial charge is 0.467 e. The molecule has 0 aliphatic carbocycles. The minimum Gasteiger partial charge on any atom is -0.467 e. The highest BCUT2D eigenvalue weighted by Crippen LogP contribution is 2.28. The van der Waals surface area contributed by atoms with E-state index in [1.807, 2.05) is 23.1 Å². The topological polar surface area (TPSA) is 65.4 Å². The maximum Gasteiger partial charge on any atom is 0.254 e. The van der Waals surface area contributed by atoms with Crippen LogP contribution in [-0.2, 0) is 6.54 Å². The van der Waals surface area contributed by atoms with Crippen LogP contribution < -0.4 is 0 Å². The number of nitrogens with one attached hydrogen (secondary N) is 1. The summed E-state index contributed by atoms with van der Waals surface area (Å²) in [5.74, 6) is 0.275. The van der Waals surface area contributed by atoms with Crippen molar-refractivity contribution in [3.63, 3.8) is 0 Å². The minimum absolute atomic E-state index is 0.0997. The second kappa shape index (κ2) is 8.59. The monoisotopic (exact) mass is 432 g/mol. The Morgan fingerprint density at radius 3 is 2.72 bits per heavy atom. The molecule has 0 atom stereocenters. The molecule has 2 aromatic heterocycles. The lowest BCUT2D eigenvalue weighted by molar-refractivity contribution is 0.0550. The maximum absolute atomic E-state index is 13.4. The first-order chi connectivity index (χ1) is 15.6. The van der Waals surface area contributed by atoms with Gasteiger partial charge in [0, 0.05) is 22.6 Å². The third-order valence-electron chi connectivity index (χ3n) is 6.23. The third kappa shape index (κ3) is 4.16. The number of aromatic amines is 1. The Balaban J connectivity index is 1.40. The number of amides is 1. The van der Waals surface area contributed by atoms with Crippen molar-refractivity contribution in [2.75, 3.05) is 20.1 Å². The second-order valence-electron chi connectivity index (χ2n) is 8.45. The zero-order chi connectivity index (χ0) is 22.1. The smallest absolute Gasteiger partial charge is 0.254 e. The van der Waals surface area contributed by atoms with Crippen LogP contribution in [0.2, 0.25) is 0 Å². The van der Waals surface area contributed by atoms with Crippen LogP contribution in [0.25, 0.3) is 22.0 Å². The zero-order valence-electron chi connectivity index (χ0n) is 17.9. The van der Waals surface area contributed by atoms with Crippen LogP contribution in [0.15, 0.2) is 65.4 Å². The summed E-state index contributed by atoms with van der Waals surface area (Å²) in [5, 5.41) is 8.06. The molecule has 6 nitrogen and oxygen atoms in total. The van der Waals surface area contributed by atoms with Gasteiger partial charge in [-0.15, -0.1) is 0 Å². The summed E-state index contributed by atoms with van der Waals surface area (Å²) < 4.78 is 19.3. The fraction of sp³-hybridized carbons (Fsp3) is 0.280. The van der Waals surface area contributed by atoms with Gasteiger partial charge in [0.25, 0.3) is 5.91 Å². The van der Waals surface area contributed by atoms with Crippen molar-refractivity contribution in [1.29, 1.82) is 0 Å². The maximum atomic E-state index is 13.4. The van der Waals surface area contributed by atoms with Gasteiger partial charge in [-0.1, -0.05) is 6.07 Å². The number of H-pyrrole nitrogens is 1. The van der Waals surface area contributed by atoms with E-state index in [2.05, 4.69) is 28.2 Å². The van der Waals surface area contributed by atoms with Crippen LogP contribution in [0.5, 0.6) is 0 Å². The number of nitrogens with zero attached hydrogens (tertiary/aromatic N) is 3. The number of furan rings is 1. The molecule has 1 saturated heterocycles. The molecule has 7 heteroatoms. The van der Waals surface area contributed by atoms with Crippen LogP contribution in [0.3, 0.4) is 0 Å². The average molecular weight is 432 g/mol.